The molecule has 0 unspecified atom stereocenters. The van der Waals surface area contributed by atoms with Gasteiger partial charge in [-0.05, 0) is 67.6 Å². The predicted octanol–water partition coefficient (Wildman–Crippen LogP) is 4.20. The maximum atomic E-state index is 12.6. The lowest BCUT2D eigenvalue weighted by atomic mass is 9.92. The first-order valence-corrected chi connectivity index (χ1v) is 10.8. The molecule has 0 saturated heterocycles. The Balaban J connectivity index is 1.46. The Morgan fingerprint density at radius 1 is 1.03 bits per heavy atom. The molecule has 0 spiro atoms. The molecule has 31 heavy (non-hydrogen) atoms. The lowest BCUT2D eigenvalue weighted by Crippen LogP contribution is -2.43. The third kappa shape index (κ3) is 4.24. The molecule has 0 bridgehead atoms. The third-order valence-electron chi connectivity index (χ3n) is 5.95. The van der Waals surface area contributed by atoms with Gasteiger partial charge < -0.3 is 14.8 Å². The van der Waals surface area contributed by atoms with Crippen molar-refractivity contribution in [1.29, 1.82) is 0 Å². The van der Waals surface area contributed by atoms with Crippen molar-refractivity contribution in [1.82, 2.24) is 15.3 Å². The van der Waals surface area contributed by atoms with Crippen molar-refractivity contribution >= 4 is 5.91 Å². The van der Waals surface area contributed by atoms with Gasteiger partial charge in [0.2, 0.25) is 0 Å². The molecular formula is C25H25N3O3. The standard InChI is InChI=1S/C25H25N3O3/c29-25(18-4-3-11-27-15-18)28-19-14-21-22(30-16-19)7-8-23(31-20-5-1-2-6-20)24(21)17-9-12-26-13-10-17/h3-4,7-13,15,19-20H,1-2,5-6,14,16H2,(H,28,29)/t19-/m0/s1. The van der Waals surface area contributed by atoms with Gasteiger partial charge >= 0.3 is 0 Å². The summed E-state index contributed by atoms with van der Waals surface area (Å²) in [5, 5.41) is 3.09. The molecule has 6 nitrogen and oxygen atoms in total. The van der Waals surface area contributed by atoms with Crippen molar-refractivity contribution < 1.29 is 14.3 Å². The fourth-order valence-corrected chi connectivity index (χ4v) is 4.42. The van der Waals surface area contributed by atoms with E-state index in [1.54, 1.807) is 36.9 Å². The van der Waals surface area contributed by atoms with E-state index in [-0.39, 0.29) is 18.1 Å². The molecular weight excluding hydrogens is 390 g/mol. The second-order valence-corrected chi connectivity index (χ2v) is 8.10. The molecule has 1 aliphatic heterocycles. The first-order valence-electron chi connectivity index (χ1n) is 10.8. The number of rotatable bonds is 5. The van der Waals surface area contributed by atoms with Crippen LogP contribution in [0.1, 0.15) is 41.6 Å². The first kappa shape index (κ1) is 19.5. The number of nitrogens with zero attached hydrogens (tertiary/aromatic N) is 2. The van der Waals surface area contributed by atoms with Crippen LogP contribution in [0.5, 0.6) is 11.5 Å². The van der Waals surface area contributed by atoms with Crippen LogP contribution in [0.15, 0.2) is 61.2 Å². The van der Waals surface area contributed by atoms with Gasteiger partial charge in [0, 0.05) is 42.3 Å². The first-order chi connectivity index (χ1) is 15.3. The highest BCUT2D eigenvalue weighted by Gasteiger charge is 2.28. The summed E-state index contributed by atoms with van der Waals surface area (Å²) in [6.07, 6.45) is 12.3. The number of hydrogen-bond acceptors (Lipinski definition) is 5. The molecule has 1 aromatic carbocycles. The van der Waals surface area contributed by atoms with Crippen molar-refractivity contribution in [2.75, 3.05) is 6.61 Å². The topological polar surface area (TPSA) is 73.3 Å². The van der Waals surface area contributed by atoms with E-state index in [0.29, 0.717) is 18.6 Å². The summed E-state index contributed by atoms with van der Waals surface area (Å²) in [5.41, 5.74) is 3.68. The molecule has 2 aliphatic rings. The summed E-state index contributed by atoms with van der Waals surface area (Å²) < 4.78 is 12.5. The number of pyridine rings is 2. The highest BCUT2D eigenvalue weighted by atomic mass is 16.5. The highest BCUT2D eigenvalue weighted by molar-refractivity contribution is 5.94. The molecule has 0 radical (unpaired) electrons. The van der Waals surface area contributed by atoms with E-state index < -0.39 is 0 Å². The Hall–Kier alpha value is -3.41. The SMILES string of the molecule is O=C(N[C@@H]1COc2ccc(OC3CCCC3)c(-c3ccncc3)c2C1)c1cccnc1. The predicted molar refractivity (Wildman–Crippen MR) is 117 cm³/mol. The molecule has 1 aliphatic carbocycles. The van der Waals surface area contributed by atoms with Crippen LogP contribution in [0.2, 0.25) is 0 Å². The van der Waals surface area contributed by atoms with Gasteiger partial charge in [-0.3, -0.25) is 14.8 Å². The van der Waals surface area contributed by atoms with Gasteiger partial charge in [0.25, 0.3) is 5.91 Å². The van der Waals surface area contributed by atoms with Crippen LogP contribution >= 0.6 is 0 Å². The summed E-state index contributed by atoms with van der Waals surface area (Å²) in [4.78, 5) is 20.8. The fourth-order valence-electron chi connectivity index (χ4n) is 4.42. The second kappa shape index (κ2) is 8.76. The van der Waals surface area contributed by atoms with Crippen LogP contribution in [0.3, 0.4) is 0 Å². The minimum absolute atomic E-state index is 0.137. The molecule has 3 heterocycles. The van der Waals surface area contributed by atoms with Gasteiger partial charge in [-0.1, -0.05) is 0 Å². The van der Waals surface area contributed by atoms with Crippen molar-refractivity contribution in [3.63, 3.8) is 0 Å². The van der Waals surface area contributed by atoms with Crippen LogP contribution in [0.4, 0.5) is 0 Å². The zero-order valence-electron chi connectivity index (χ0n) is 17.3. The van der Waals surface area contributed by atoms with Crippen LogP contribution < -0.4 is 14.8 Å². The molecule has 1 saturated carbocycles. The quantitative estimate of drug-likeness (QED) is 0.676. The van der Waals surface area contributed by atoms with E-state index in [1.165, 1.54) is 12.8 Å². The minimum atomic E-state index is -0.144. The van der Waals surface area contributed by atoms with Crippen LogP contribution in [-0.4, -0.2) is 34.6 Å². The zero-order valence-corrected chi connectivity index (χ0v) is 17.3. The monoisotopic (exact) mass is 415 g/mol. The van der Waals surface area contributed by atoms with Crippen LogP contribution in [0.25, 0.3) is 11.1 Å². The number of carbonyl (C=O) groups excluding carboxylic acids is 1. The zero-order chi connectivity index (χ0) is 21.0. The summed E-state index contributed by atoms with van der Waals surface area (Å²) >= 11 is 0. The molecule has 3 aromatic rings. The molecule has 1 amide bonds. The molecule has 1 fully saturated rings. The van der Waals surface area contributed by atoms with Gasteiger partial charge in [0.15, 0.2) is 0 Å². The summed E-state index contributed by atoms with van der Waals surface area (Å²) in [6.45, 7) is 0.428. The number of benzene rings is 1. The Kier molecular flexibility index (Phi) is 5.52. The Morgan fingerprint density at radius 2 is 1.87 bits per heavy atom. The van der Waals surface area contributed by atoms with Crippen LogP contribution in [-0.2, 0) is 6.42 Å². The maximum Gasteiger partial charge on any atom is 0.253 e. The number of ether oxygens (including phenoxy) is 2. The summed E-state index contributed by atoms with van der Waals surface area (Å²) in [7, 11) is 0. The van der Waals surface area contributed by atoms with E-state index in [9.17, 15) is 4.79 Å². The Labute approximate surface area is 181 Å². The number of amides is 1. The highest BCUT2D eigenvalue weighted by Crippen LogP contribution is 2.42. The number of aromatic nitrogens is 2. The van der Waals surface area contributed by atoms with Gasteiger partial charge in [0.05, 0.1) is 17.7 Å². The van der Waals surface area contributed by atoms with Crippen molar-refractivity contribution in [3.05, 3.63) is 72.3 Å². The summed E-state index contributed by atoms with van der Waals surface area (Å²) in [5.74, 6) is 1.58. The van der Waals surface area contributed by atoms with Crippen LogP contribution in [0, 0.1) is 0 Å². The second-order valence-electron chi connectivity index (χ2n) is 8.10. The number of hydrogen-bond donors (Lipinski definition) is 1. The van der Waals surface area contributed by atoms with Crippen molar-refractivity contribution in [2.45, 2.75) is 44.2 Å². The van der Waals surface area contributed by atoms with Crippen molar-refractivity contribution in [2.24, 2.45) is 0 Å². The number of carbonyl (C=O) groups is 1. The van der Waals surface area contributed by atoms with Crippen molar-refractivity contribution in [3.8, 4) is 22.6 Å². The molecule has 2 aromatic heterocycles. The normalized spacial score (nSPS) is 18.1. The average molecular weight is 415 g/mol. The smallest absolute Gasteiger partial charge is 0.253 e. The lowest BCUT2D eigenvalue weighted by molar-refractivity contribution is 0.0915. The van der Waals surface area contributed by atoms with Gasteiger partial charge in [-0.2, -0.15) is 0 Å². The minimum Gasteiger partial charge on any atom is -0.491 e. The molecule has 1 N–H and O–H groups in total. The Bertz CT molecular complexity index is 1050. The average Bonchev–Trinajstić information content (AvgIpc) is 3.33. The lowest BCUT2D eigenvalue weighted by Gasteiger charge is -2.29. The number of fused-ring (bicyclic) bond motifs is 1. The Morgan fingerprint density at radius 3 is 2.65 bits per heavy atom. The van der Waals surface area contributed by atoms with Gasteiger partial charge in [-0.15, -0.1) is 0 Å². The fraction of sp³-hybridized carbons (Fsp3) is 0.320. The number of nitrogens with one attached hydrogen (secondary N) is 1. The molecule has 158 valence electrons. The van der Waals surface area contributed by atoms with E-state index in [1.807, 2.05) is 24.3 Å². The van der Waals surface area contributed by atoms with E-state index in [0.717, 1.165) is 41.0 Å². The molecule has 6 heteroatoms. The van der Waals surface area contributed by atoms with E-state index in [4.69, 9.17) is 9.47 Å². The maximum absolute atomic E-state index is 12.6. The van der Waals surface area contributed by atoms with E-state index >= 15 is 0 Å². The molecule has 1 atom stereocenters. The molecule has 5 rings (SSSR count). The van der Waals surface area contributed by atoms with E-state index in [2.05, 4.69) is 15.3 Å². The summed E-state index contributed by atoms with van der Waals surface area (Å²) in [6, 6.07) is 11.4. The largest absolute Gasteiger partial charge is 0.491 e. The van der Waals surface area contributed by atoms with Gasteiger partial charge in [0.1, 0.15) is 18.1 Å². The van der Waals surface area contributed by atoms with Gasteiger partial charge in [-0.25, -0.2) is 0 Å². The third-order valence-corrected chi connectivity index (χ3v) is 5.95.